The van der Waals surface area contributed by atoms with E-state index in [-0.39, 0.29) is 0 Å². The molecule has 2 rings (SSSR count). The van der Waals surface area contributed by atoms with E-state index in [0.717, 1.165) is 28.2 Å². The van der Waals surface area contributed by atoms with E-state index in [0.29, 0.717) is 17.4 Å². The summed E-state index contributed by atoms with van der Waals surface area (Å²) in [7, 11) is 0.399. The number of halogens is 1. The third-order valence-corrected chi connectivity index (χ3v) is 7.17. The standard InChI is InChI=1S/C12H19BrN2O2S2/c1-9-11(6-12(13)18-9)19(16,17)15(3)8-10-4-5-14(2)7-10/h6,10H,4-5,7-8H2,1-3H3. The van der Waals surface area contributed by atoms with Gasteiger partial charge in [0, 0.05) is 25.0 Å². The Labute approximate surface area is 127 Å². The second-order valence-corrected chi connectivity index (χ2v) is 9.82. The number of hydrogen-bond acceptors (Lipinski definition) is 4. The predicted octanol–water partition coefficient (Wildman–Crippen LogP) is 2.39. The molecule has 0 radical (unpaired) electrons. The number of rotatable bonds is 4. The highest BCUT2D eigenvalue weighted by Crippen LogP contribution is 2.31. The average Bonchev–Trinajstić information content (AvgIpc) is 2.85. The Kier molecular flexibility index (Phi) is 4.72. The van der Waals surface area contributed by atoms with Crippen LogP contribution in [0.15, 0.2) is 14.7 Å². The van der Waals surface area contributed by atoms with Gasteiger partial charge in [-0.3, -0.25) is 0 Å². The number of nitrogens with zero attached hydrogens (tertiary/aromatic N) is 2. The lowest BCUT2D eigenvalue weighted by atomic mass is 10.1. The first-order valence-electron chi connectivity index (χ1n) is 6.21. The number of hydrogen-bond donors (Lipinski definition) is 0. The van der Waals surface area contributed by atoms with Crippen LogP contribution in [0.4, 0.5) is 0 Å². The van der Waals surface area contributed by atoms with Crippen LogP contribution < -0.4 is 0 Å². The molecule has 1 fully saturated rings. The van der Waals surface area contributed by atoms with Crippen LogP contribution in [-0.4, -0.2) is 51.4 Å². The fraction of sp³-hybridized carbons (Fsp3) is 0.667. The molecule has 1 aliphatic rings. The van der Waals surface area contributed by atoms with Gasteiger partial charge in [-0.05, 0) is 54.9 Å². The minimum atomic E-state index is -3.36. The highest BCUT2D eigenvalue weighted by molar-refractivity contribution is 9.11. The zero-order valence-electron chi connectivity index (χ0n) is 11.4. The number of likely N-dealkylation sites (tertiary alicyclic amines) is 1. The summed E-state index contributed by atoms with van der Waals surface area (Å²) in [6, 6.07) is 1.70. The maximum absolute atomic E-state index is 12.5. The molecule has 1 unspecified atom stereocenters. The molecule has 4 nitrogen and oxygen atoms in total. The molecule has 1 aliphatic heterocycles. The van der Waals surface area contributed by atoms with E-state index < -0.39 is 10.0 Å². The van der Waals surface area contributed by atoms with Gasteiger partial charge in [-0.2, -0.15) is 0 Å². The smallest absolute Gasteiger partial charge is 0.243 e. The normalized spacial score (nSPS) is 21.4. The molecule has 108 valence electrons. The summed E-state index contributed by atoms with van der Waals surface area (Å²) < 4.78 is 27.4. The van der Waals surface area contributed by atoms with Crippen LogP contribution in [0.1, 0.15) is 11.3 Å². The third-order valence-electron chi connectivity index (χ3n) is 3.53. The molecule has 0 saturated carbocycles. The molecule has 1 aromatic rings. The molecular formula is C12H19BrN2O2S2. The van der Waals surface area contributed by atoms with Crippen molar-refractivity contribution in [3.05, 3.63) is 14.7 Å². The summed E-state index contributed by atoms with van der Waals surface area (Å²) in [4.78, 5) is 3.51. The summed E-state index contributed by atoms with van der Waals surface area (Å²) in [5, 5.41) is 0. The Hall–Kier alpha value is 0.0500. The molecule has 7 heteroatoms. The Morgan fingerprint density at radius 1 is 1.58 bits per heavy atom. The van der Waals surface area contributed by atoms with E-state index in [9.17, 15) is 8.42 Å². The monoisotopic (exact) mass is 366 g/mol. The molecule has 0 amide bonds. The Balaban J connectivity index is 2.13. The third kappa shape index (κ3) is 3.39. The van der Waals surface area contributed by atoms with Crippen molar-refractivity contribution in [3.8, 4) is 0 Å². The Morgan fingerprint density at radius 3 is 2.74 bits per heavy atom. The van der Waals surface area contributed by atoms with Gasteiger partial charge in [0.15, 0.2) is 0 Å². The van der Waals surface area contributed by atoms with Crippen LogP contribution in [0.3, 0.4) is 0 Å². The van der Waals surface area contributed by atoms with Crippen LogP contribution in [0.2, 0.25) is 0 Å². The van der Waals surface area contributed by atoms with Gasteiger partial charge in [0.25, 0.3) is 0 Å². The molecule has 2 heterocycles. The van der Waals surface area contributed by atoms with Crippen molar-refractivity contribution in [2.75, 3.05) is 33.7 Å². The van der Waals surface area contributed by atoms with Crippen molar-refractivity contribution >= 4 is 37.3 Å². The Morgan fingerprint density at radius 2 is 2.26 bits per heavy atom. The summed E-state index contributed by atoms with van der Waals surface area (Å²) >= 11 is 4.81. The molecular weight excluding hydrogens is 348 g/mol. The van der Waals surface area contributed by atoms with Gasteiger partial charge >= 0.3 is 0 Å². The van der Waals surface area contributed by atoms with E-state index >= 15 is 0 Å². The van der Waals surface area contributed by atoms with Gasteiger partial charge in [0.1, 0.15) is 0 Å². The highest BCUT2D eigenvalue weighted by atomic mass is 79.9. The maximum atomic E-state index is 12.5. The second-order valence-electron chi connectivity index (χ2n) is 5.17. The molecule has 1 saturated heterocycles. The first kappa shape index (κ1) is 15.4. The first-order valence-corrected chi connectivity index (χ1v) is 9.26. The quantitative estimate of drug-likeness (QED) is 0.821. The summed E-state index contributed by atoms with van der Waals surface area (Å²) in [6.45, 7) is 4.48. The van der Waals surface area contributed by atoms with E-state index in [1.807, 2.05) is 6.92 Å². The largest absolute Gasteiger partial charge is 0.306 e. The molecule has 0 aliphatic carbocycles. The Bertz CT molecular complexity index is 556. The van der Waals surface area contributed by atoms with Gasteiger partial charge in [0.05, 0.1) is 8.68 Å². The topological polar surface area (TPSA) is 40.6 Å². The summed E-state index contributed by atoms with van der Waals surface area (Å²) in [6.07, 6.45) is 1.07. The van der Waals surface area contributed by atoms with Gasteiger partial charge in [-0.1, -0.05) is 0 Å². The zero-order valence-corrected chi connectivity index (χ0v) is 14.6. The predicted molar refractivity (Wildman–Crippen MR) is 82.2 cm³/mol. The average molecular weight is 367 g/mol. The molecule has 0 aromatic carbocycles. The van der Waals surface area contributed by atoms with Crippen molar-refractivity contribution < 1.29 is 8.42 Å². The van der Waals surface area contributed by atoms with Gasteiger partial charge in [-0.15, -0.1) is 11.3 Å². The molecule has 0 spiro atoms. The highest BCUT2D eigenvalue weighted by Gasteiger charge is 2.29. The van der Waals surface area contributed by atoms with E-state index in [1.54, 1.807) is 13.1 Å². The molecule has 0 N–H and O–H groups in total. The fourth-order valence-corrected chi connectivity index (χ4v) is 6.12. The van der Waals surface area contributed by atoms with Crippen molar-refractivity contribution in [1.82, 2.24) is 9.21 Å². The molecule has 0 bridgehead atoms. The van der Waals surface area contributed by atoms with Crippen molar-refractivity contribution in [2.24, 2.45) is 5.92 Å². The molecule has 19 heavy (non-hydrogen) atoms. The van der Waals surface area contributed by atoms with Crippen molar-refractivity contribution in [3.63, 3.8) is 0 Å². The lowest BCUT2D eigenvalue weighted by molar-refractivity contribution is 0.356. The number of sulfonamides is 1. The zero-order chi connectivity index (χ0) is 14.2. The van der Waals surface area contributed by atoms with Crippen LogP contribution in [0.25, 0.3) is 0 Å². The minimum Gasteiger partial charge on any atom is -0.306 e. The first-order chi connectivity index (χ1) is 8.80. The van der Waals surface area contributed by atoms with Gasteiger partial charge in [-0.25, -0.2) is 12.7 Å². The van der Waals surface area contributed by atoms with E-state index in [1.165, 1.54) is 15.6 Å². The van der Waals surface area contributed by atoms with Gasteiger partial charge < -0.3 is 4.90 Å². The van der Waals surface area contributed by atoms with Crippen LogP contribution in [0, 0.1) is 12.8 Å². The maximum Gasteiger partial charge on any atom is 0.243 e. The fourth-order valence-electron chi connectivity index (χ4n) is 2.49. The number of thiophene rings is 1. The lowest BCUT2D eigenvalue weighted by Gasteiger charge is -2.20. The van der Waals surface area contributed by atoms with Crippen LogP contribution >= 0.6 is 27.3 Å². The van der Waals surface area contributed by atoms with Crippen molar-refractivity contribution in [2.45, 2.75) is 18.2 Å². The second kappa shape index (κ2) is 5.81. The summed E-state index contributed by atoms with van der Waals surface area (Å²) in [5.74, 6) is 0.437. The SMILES string of the molecule is Cc1sc(Br)cc1S(=O)(=O)N(C)CC1CCN(C)C1. The molecule has 1 atom stereocenters. The van der Waals surface area contributed by atoms with Gasteiger partial charge in [0.2, 0.25) is 10.0 Å². The number of aryl methyl sites for hydroxylation is 1. The van der Waals surface area contributed by atoms with Crippen molar-refractivity contribution in [1.29, 1.82) is 0 Å². The van der Waals surface area contributed by atoms with E-state index in [4.69, 9.17) is 0 Å². The van der Waals surface area contributed by atoms with E-state index in [2.05, 4.69) is 27.9 Å². The van der Waals surface area contributed by atoms with Crippen LogP contribution in [0.5, 0.6) is 0 Å². The lowest BCUT2D eigenvalue weighted by Crippen LogP contribution is -2.33. The molecule has 1 aromatic heterocycles. The minimum absolute atomic E-state index is 0.429. The summed E-state index contributed by atoms with van der Waals surface area (Å²) in [5.41, 5.74) is 0. The van der Waals surface area contributed by atoms with Crippen LogP contribution in [-0.2, 0) is 10.0 Å².